The van der Waals surface area contributed by atoms with Crippen LogP contribution in [0.1, 0.15) is 0 Å². The van der Waals surface area contributed by atoms with Gasteiger partial charge in [0.25, 0.3) is 0 Å². The summed E-state index contributed by atoms with van der Waals surface area (Å²) < 4.78 is 0.752. The van der Waals surface area contributed by atoms with Crippen LogP contribution in [0, 0.1) is 0 Å². The Balaban J connectivity index is 2.89. The Bertz CT molecular complexity index is 289. The Labute approximate surface area is 82.7 Å². The van der Waals surface area contributed by atoms with Crippen molar-refractivity contribution in [2.75, 3.05) is 11.9 Å². The Morgan fingerprint density at radius 1 is 1.58 bits per heavy atom. The first-order chi connectivity index (χ1) is 5.61. The van der Waals surface area contributed by atoms with E-state index in [9.17, 15) is 4.79 Å². The number of halogens is 2. The highest BCUT2D eigenvalue weighted by atomic mass is 79.9. The molecule has 0 aromatic carbocycles. The third kappa shape index (κ3) is 2.15. The Kier molecular flexibility index (Phi) is 2.99. The molecule has 1 amide bonds. The molecule has 0 saturated carbocycles. The van der Waals surface area contributed by atoms with Crippen LogP contribution in [0.25, 0.3) is 0 Å². The maximum absolute atomic E-state index is 10.6. The van der Waals surface area contributed by atoms with E-state index in [1.54, 1.807) is 12.4 Å². The van der Waals surface area contributed by atoms with Crippen molar-refractivity contribution < 1.29 is 4.79 Å². The van der Waals surface area contributed by atoms with Crippen molar-refractivity contribution in [3.8, 4) is 0 Å². The summed E-state index contributed by atoms with van der Waals surface area (Å²) in [6, 6.07) is 0. The summed E-state index contributed by atoms with van der Waals surface area (Å²) in [5, 5.41) is -0.614. The topological polar surface area (TPSA) is 46.1 Å². The maximum Gasteiger partial charge on any atom is 0.322 e. The van der Waals surface area contributed by atoms with Crippen molar-refractivity contribution in [1.29, 1.82) is 0 Å². The molecule has 0 spiro atoms. The van der Waals surface area contributed by atoms with Crippen molar-refractivity contribution in [3.63, 3.8) is 0 Å². The molecule has 1 aromatic rings. The number of hydrogen-bond acceptors (Lipinski definition) is 3. The van der Waals surface area contributed by atoms with Gasteiger partial charge in [0, 0.05) is 19.4 Å². The summed E-state index contributed by atoms with van der Waals surface area (Å²) in [4.78, 5) is 19.5. The van der Waals surface area contributed by atoms with Crippen molar-refractivity contribution in [1.82, 2.24) is 9.97 Å². The Morgan fingerprint density at radius 3 is 2.50 bits per heavy atom. The molecular weight excluding hydrogens is 245 g/mol. The first-order valence-corrected chi connectivity index (χ1v) is 4.19. The standard InChI is InChI=1S/C6H5BrClN3O/c1-11(5(8)12)6-9-2-4(7)3-10-6/h2-3H,1H3. The van der Waals surface area contributed by atoms with Gasteiger partial charge in [-0.05, 0) is 27.5 Å². The predicted octanol–water partition coefficient (Wildman–Crippen LogP) is 2.03. The summed E-state index contributed by atoms with van der Waals surface area (Å²) >= 11 is 8.37. The second kappa shape index (κ2) is 3.82. The van der Waals surface area contributed by atoms with Crippen molar-refractivity contribution in [2.24, 2.45) is 0 Å². The molecule has 1 aromatic heterocycles. The van der Waals surface area contributed by atoms with E-state index >= 15 is 0 Å². The van der Waals surface area contributed by atoms with E-state index in [-0.39, 0.29) is 5.95 Å². The van der Waals surface area contributed by atoms with Crippen LogP contribution in [0.5, 0.6) is 0 Å². The van der Waals surface area contributed by atoms with E-state index < -0.39 is 5.37 Å². The van der Waals surface area contributed by atoms with Gasteiger partial charge < -0.3 is 0 Å². The van der Waals surface area contributed by atoms with Gasteiger partial charge in [0.2, 0.25) is 5.95 Å². The Hall–Kier alpha value is -0.680. The van der Waals surface area contributed by atoms with Crippen LogP contribution < -0.4 is 4.90 Å². The Morgan fingerprint density at radius 2 is 2.08 bits per heavy atom. The van der Waals surface area contributed by atoms with Crippen LogP contribution >= 0.6 is 27.5 Å². The fraction of sp³-hybridized carbons (Fsp3) is 0.167. The molecule has 64 valence electrons. The van der Waals surface area contributed by atoms with Crippen LogP contribution in [-0.4, -0.2) is 22.4 Å². The molecule has 0 saturated heterocycles. The molecule has 1 heterocycles. The largest absolute Gasteiger partial charge is 0.322 e. The minimum atomic E-state index is -0.614. The number of anilines is 1. The van der Waals surface area contributed by atoms with Crippen LogP contribution in [0.4, 0.5) is 10.7 Å². The van der Waals surface area contributed by atoms with E-state index in [0.717, 1.165) is 9.37 Å². The molecule has 0 aliphatic heterocycles. The summed E-state index contributed by atoms with van der Waals surface area (Å²) in [5.41, 5.74) is 0. The van der Waals surface area contributed by atoms with Crippen LogP contribution in [0.15, 0.2) is 16.9 Å². The average Bonchev–Trinajstić information content (AvgIpc) is 2.04. The molecular formula is C6H5BrClN3O. The van der Waals surface area contributed by atoms with Gasteiger partial charge in [-0.3, -0.25) is 9.69 Å². The van der Waals surface area contributed by atoms with Crippen LogP contribution in [-0.2, 0) is 0 Å². The van der Waals surface area contributed by atoms with Gasteiger partial charge in [-0.25, -0.2) is 9.97 Å². The van der Waals surface area contributed by atoms with Gasteiger partial charge in [0.15, 0.2) is 0 Å². The van der Waals surface area contributed by atoms with Gasteiger partial charge in [-0.15, -0.1) is 0 Å². The summed E-state index contributed by atoms with van der Waals surface area (Å²) in [5.74, 6) is 0.276. The summed E-state index contributed by atoms with van der Waals surface area (Å²) in [6.45, 7) is 0. The highest BCUT2D eigenvalue weighted by molar-refractivity contribution is 9.10. The number of carbonyl (C=O) groups excluding carboxylic acids is 1. The molecule has 0 aliphatic rings. The van der Waals surface area contributed by atoms with Gasteiger partial charge >= 0.3 is 5.37 Å². The molecule has 4 nitrogen and oxygen atoms in total. The van der Waals surface area contributed by atoms with Crippen molar-refractivity contribution in [3.05, 3.63) is 16.9 Å². The smallest absolute Gasteiger partial charge is 0.270 e. The number of nitrogens with zero attached hydrogens (tertiary/aromatic N) is 3. The van der Waals surface area contributed by atoms with Crippen LogP contribution in [0.2, 0.25) is 0 Å². The molecule has 12 heavy (non-hydrogen) atoms. The molecule has 0 unspecified atom stereocenters. The maximum atomic E-state index is 10.6. The molecule has 1 rings (SSSR count). The third-order valence-corrected chi connectivity index (χ3v) is 1.83. The van der Waals surface area contributed by atoms with E-state index in [1.165, 1.54) is 7.05 Å². The lowest BCUT2D eigenvalue weighted by molar-refractivity contribution is 0.265. The number of rotatable bonds is 1. The normalized spacial score (nSPS) is 9.58. The number of carbonyl (C=O) groups is 1. The lowest BCUT2D eigenvalue weighted by atomic mass is 10.6. The molecule has 0 bridgehead atoms. The van der Waals surface area contributed by atoms with E-state index in [1.807, 2.05) is 0 Å². The molecule has 0 fully saturated rings. The number of amides is 1. The number of aromatic nitrogens is 2. The molecule has 0 N–H and O–H groups in total. The summed E-state index contributed by atoms with van der Waals surface area (Å²) in [7, 11) is 1.50. The van der Waals surface area contributed by atoms with Gasteiger partial charge in [-0.2, -0.15) is 0 Å². The first-order valence-electron chi connectivity index (χ1n) is 3.02. The van der Waals surface area contributed by atoms with Gasteiger partial charge in [0.1, 0.15) is 0 Å². The third-order valence-electron chi connectivity index (χ3n) is 1.17. The molecule has 0 aliphatic carbocycles. The fourth-order valence-corrected chi connectivity index (χ4v) is 0.838. The zero-order chi connectivity index (χ0) is 9.14. The van der Waals surface area contributed by atoms with Gasteiger partial charge in [-0.1, -0.05) is 0 Å². The van der Waals surface area contributed by atoms with E-state index in [4.69, 9.17) is 11.6 Å². The quantitative estimate of drug-likeness (QED) is 0.566. The zero-order valence-corrected chi connectivity index (χ0v) is 8.50. The average molecular weight is 250 g/mol. The first kappa shape index (κ1) is 9.41. The van der Waals surface area contributed by atoms with Gasteiger partial charge in [0.05, 0.1) is 4.47 Å². The fourth-order valence-electron chi connectivity index (χ4n) is 0.557. The lowest BCUT2D eigenvalue weighted by Gasteiger charge is -2.09. The summed E-state index contributed by atoms with van der Waals surface area (Å²) in [6.07, 6.45) is 3.08. The minimum Gasteiger partial charge on any atom is -0.270 e. The van der Waals surface area contributed by atoms with Crippen molar-refractivity contribution >= 4 is 38.8 Å². The lowest BCUT2D eigenvalue weighted by Crippen LogP contribution is -2.21. The number of hydrogen-bond donors (Lipinski definition) is 0. The second-order valence-corrected chi connectivity index (χ2v) is 3.25. The molecule has 6 heteroatoms. The molecule has 0 atom stereocenters. The highest BCUT2D eigenvalue weighted by Gasteiger charge is 2.09. The monoisotopic (exact) mass is 249 g/mol. The highest BCUT2D eigenvalue weighted by Crippen LogP contribution is 2.10. The van der Waals surface area contributed by atoms with E-state index in [2.05, 4.69) is 25.9 Å². The van der Waals surface area contributed by atoms with Crippen LogP contribution in [0.3, 0.4) is 0 Å². The van der Waals surface area contributed by atoms with E-state index in [0.29, 0.717) is 0 Å². The zero-order valence-electron chi connectivity index (χ0n) is 6.16. The minimum absolute atomic E-state index is 0.276. The van der Waals surface area contributed by atoms with Crippen molar-refractivity contribution in [2.45, 2.75) is 0 Å². The SMILES string of the molecule is CN(C(=O)Cl)c1ncc(Br)cn1. The molecule has 0 radical (unpaired) electrons. The predicted molar refractivity (Wildman–Crippen MR) is 49.4 cm³/mol. The second-order valence-electron chi connectivity index (χ2n) is 2.01.